The number of esters is 1. The zero-order valence-corrected chi connectivity index (χ0v) is 13.7. The molecule has 1 aromatic heterocycles. The molecule has 26 heavy (non-hydrogen) atoms. The van der Waals surface area contributed by atoms with Crippen molar-refractivity contribution in [1.29, 1.82) is 0 Å². The van der Waals surface area contributed by atoms with Crippen molar-refractivity contribution in [3.63, 3.8) is 0 Å². The predicted molar refractivity (Wildman–Crippen MR) is 89.7 cm³/mol. The van der Waals surface area contributed by atoms with Crippen molar-refractivity contribution >= 4 is 23.2 Å². The number of halogens is 3. The molecule has 0 fully saturated rings. The van der Waals surface area contributed by atoms with Gasteiger partial charge in [-0.2, -0.15) is 13.2 Å². The molecule has 2 aromatic carbocycles. The van der Waals surface area contributed by atoms with Gasteiger partial charge in [-0.1, -0.05) is 18.2 Å². The summed E-state index contributed by atoms with van der Waals surface area (Å²) in [4.78, 5) is 21.7. The molecule has 0 N–H and O–H groups in total. The number of alkyl halides is 3. The molecule has 0 aliphatic rings. The predicted octanol–water partition coefficient (Wildman–Crippen LogP) is 4.45. The fourth-order valence-corrected chi connectivity index (χ4v) is 2.76. The molecule has 3 aromatic rings. The molecular weight excluding hydrogens is 347 g/mol. The second-order valence-electron chi connectivity index (χ2n) is 5.63. The third-order valence-electron chi connectivity index (χ3n) is 4.04. The first kappa shape index (κ1) is 17.7. The van der Waals surface area contributed by atoms with Crippen molar-refractivity contribution in [2.45, 2.75) is 19.6 Å². The number of carbonyl (C=O) groups excluding carboxylic acids is 2. The van der Waals surface area contributed by atoms with Gasteiger partial charge in [0.1, 0.15) is 0 Å². The van der Waals surface area contributed by atoms with Gasteiger partial charge in [-0.05, 0) is 42.3 Å². The van der Waals surface area contributed by atoms with Gasteiger partial charge in [-0.25, -0.2) is 4.79 Å². The molecular formula is C19H14F3NO3. The van der Waals surface area contributed by atoms with Crippen molar-refractivity contribution in [2.24, 2.45) is 0 Å². The maximum Gasteiger partial charge on any atom is 0.416 e. The lowest BCUT2D eigenvalue weighted by Crippen LogP contribution is -2.08. The number of rotatable bonds is 4. The Labute approximate surface area is 146 Å². The molecule has 4 nitrogen and oxygen atoms in total. The van der Waals surface area contributed by atoms with Gasteiger partial charge in [0.25, 0.3) is 0 Å². The molecule has 3 rings (SSSR count). The van der Waals surface area contributed by atoms with E-state index in [-0.39, 0.29) is 12.0 Å². The number of nitrogens with zero attached hydrogens (tertiary/aromatic N) is 1. The highest BCUT2D eigenvalue weighted by atomic mass is 19.4. The molecule has 0 amide bonds. The van der Waals surface area contributed by atoms with Crippen LogP contribution in [0, 0.1) is 0 Å². The number of hydrogen-bond donors (Lipinski definition) is 0. The van der Waals surface area contributed by atoms with Gasteiger partial charge >= 0.3 is 12.1 Å². The Hall–Kier alpha value is -3.09. The minimum Gasteiger partial charge on any atom is -0.419 e. The second kappa shape index (κ2) is 6.67. The quantitative estimate of drug-likeness (QED) is 0.392. The zero-order valence-electron chi connectivity index (χ0n) is 13.7. The Morgan fingerprint density at radius 3 is 2.35 bits per heavy atom. The number of benzene rings is 2. The highest BCUT2D eigenvalue weighted by Gasteiger charge is 2.30. The highest BCUT2D eigenvalue weighted by Crippen LogP contribution is 2.34. The average Bonchev–Trinajstić information content (AvgIpc) is 2.98. The highest BCUT2D eigenvalue weighted by molar-refractivity contribution is 6.21. The monoisotopic (exact) mass is 361 g/mol. The molecule has 1 heterocycles. The lowest BCUT2D eigenvalue weighted by molar-refractivity contribution is -0.141. The van der Waals surface area contributed by atoms with Crippen LogP contribution in [0.15, 0.2) is 48.7 Å². The van der Waals surface area contributed by atoms with E-state index in [9.17, 15) is 22.8 Å². The summed E-state index contributed by atoms with van der Waals surface area (Å²) in [6, 6.07) is 10.1. The van der Waals surface area contributed by atoms with E-state index in [0.717, 1.165) is 23.2 Å². The molecule has 0 spiro atoms. The Morgan fingerprint density at radius 2 is 1.77 bits per heavy atom. The first-order valence-electron chi connectivity index (χ1n) is 7.81. The van der Waals surface area contributed by atoms with Crippen LogP contribution in [0.1, 0.15) is 12.5 Å². The lowest BCUT2D eigenvalue weighted by Gasteiger charge is -2.08. The summed E-state index contributed by atoms with van der Waals surface area (Å²) < 4.78 is 44.9. The lowest BCUT2D eigenvalue weighted by atomic mass is 10.0. The number of carbonyl (C=O) groups is 2. The molecule has 0 aliphatic carbocycles. The van der Waals surface area contributed by atoms with Crippen molar-refractivity contribution in [2.75, 3.05) is 0 Å². The van der Waals surface area contributed by atoms with E-state index in [2.05, 4.69) is 0 Å². The van der Waals surface area contributed by atoms with E-state index < -0.39 is 17.7 Å². The van der Waals surface area contributed by atoms with Crippen molar-refractivity contribution in [1.82, 2.24) is 4.57 Å². The second-order valence-corrected chi connectivity index (χ2v) is 5.63. The van der Waals surface area contributed by atoms with E-state index in [0.29, 0.717) is 17.5 Å². The SMILES string of the molecule is CCn1cc(OC(=O)C=O)c2ccc(-c3ccc(C(F)(F)F)cc3)cc21. The molecule has 0 saturated carbocycles. The Bertz CT molecular complexity index is 972. The van der Waals surface area contributed by atoms with Crippen LogP contribution >= 0.6 is 0 Å². The molecule has 0 saturated heterocycles. The maximum atomic E-state index is 12.7. The van der Waals surface area contributed by atoms with Crippen LogP contribution in [-0.4, -0.2) is 16.8 Å². The van der Waals surface area contributed by atoms with E-state index in [4.69, 9.17) is 4.74 Å². The van der Waals surface area contributed by atoms with Crippen LogP contribution < -0.4 is 4.74 Å². The van der Waals surface area contributed by atoms with Gasteiger partial charge in [-0.15, -0.1) is 0 Å². The van der Waals surface area contributed by atoms with Gasteiger partial charge in [-0.3, -0.25) is 4.79 Å². The van der Waals surface area contributed by atoms with Gasteiger partial charge < -0.3 is 9.30 Å². The Morgan fingerprint density at radius 1 is 1.12 bits per heavy atom. The number of aryl methyl sites for hydroxylation is 1. The largest absolute Gasteiger partial charge is 0.419 e. The minimum atomic E-state index is -4.38. The Kier molecular flexibility index (Phi) is 4.54. The summed E-state index contributed by atoms with van der Waals surface area (Å²) in [7, 11) is 0. The summed E-state index contributed by atoms with van der Waals surface area (Å²) in [6.07, 6.45) is -2.68. The maximum absolute atomic E-state index is 12.7. The molecule has 0 bridgehead atoms. The van der Waals surface area contributed by atoms with Crippen LogP contribution in [0.4, 0.5) is 13.2 Å². The van der Waals surface area contributed by atoms with Gasteiger partial charge in [0.15, 0.2) is 5.75 Å². The first-order valence-corrected chi connectivity index (χ1v) is 7.81. The van der Waals surface area contributed by atoms with E-state index in [1.807, 2.05) is 11.5 Å². The molecule has 0 aliphatic heterocycles. The average molecular weight is 361 g/mol. The first-order chi connectivity index (χ1) is 12.3. The number of hydrogen-bond acceptors (Lipinski definition) is 3. The molecule has 0 unspecified atom stereocenters. The molecule has 0 radical (unpaired) electrons. The fraction of sp³-hybridized carbons (Fsp3) is 0.158. The molecule has 134 valence electrons. The topological polar surface area (TPSA) is 48.3 Å². The third kappa shape index (κ3) is 3.33. The summed E-state index contributed by atoms with van der Waals surface area (Å²) in [6.45, 7) is 2.49. The van der Waals surface area contributed by atoms with Gasteiger partial charge in [0, 0.05) is 18.1 Å². The van der Waals surface area contributed by atoms with E-state index >= 15 is 0 Å². The fourth-order valence-electron chi connectivity index (χ4n) is 2.76. The minimum absolute atomic E-state index is 0.0890. The normalized spacial score (nSPS) is 11.5. The summed E-state index contributed by atoms with van der Waals surface area (Å²) in [5.74, 6) is -0.732. The zero-order chi connectivity index (χ0) is 18.9. The summed E-state index contributed by atoms with van der Waals surface area (Å²) in [5.41, 5.74) is 1.41. The third-order valence-corrected chi connectivity index (χ3v) is 4.04. The molecule has 7 heteroatoms. The van der Waals surface area contributed by atoms with Crippen molar-refractivity contribution < 1.29 is 27.5 Å². The van der Waals surface area contributed by atoms with Crippen LogP contribution in [0.25, 0.3) is 22.0 Å². The molecule has 0 atom stereocenters. The van der Waals surface area contributed by atoms with E-state index in [1.165, 1.54) is 12.1 Å². The number of aromatic nitrogens is 1. The van der Waals surface area contributed by atoms with Crippen LogP contribution in [-0.2, 0) is 22.3 Å². The van der Waals surface area contributed by atoms with Crippen LogP contribution in [0.3, 0.4) is 0 Å². The van der Waals surface area contributed by atoms with Gasteiger partial charge in [0.2, 0.25) is 6.29 Å². The standard InChI is InChI=1S/C19H14F3NO3/c1-2-23-10-17(26-18(25)11-24)15-8-5-13(9-16(15)23)12-3-6-14(7-4-12)19(20,21)22/h3-11H,2H2,1H3. The van der Waals surface area contributed by atoms with Crippen molar-refractivity contribution in [3.8, 4) is 16.9 Å². The van der Waals surface area contributed by atoms with E-state index in [1.54, 1.807) is 24.4 Å². The number of ether oxygens (including phenoxy) is 1. The summed E-state index contributed by atoms with van der Waals surface area (Å²) >= 11 is 0. The van der Waals surface area contributed by atoms with Gasteiger partial charge in [0.05, 0.1) is 11.1 Å². The number of fused-ring (bicyclic) bond motifs is 1. The smallest absolute Gasteiger partial charge is 0.416 e. The Balaban J connectivity index is 2.03. The van der Waals surface area contributed by atoms with Crippen molar-refractivity contribution in [3.05, 3.63) is 54.2 Å². The summed E-state index contributed by atoms with van der Waals surface area (Å²) in [5, 5.41) is 0.637. The van der Waals surface area contributed by atoms with Crippen LogP contribution in [0.5, 0.6) is 5.75 Å². The number of aldehydes is 1. The van der Waals surface area contributed by atoms with Crippen LogP contribution in [0.2, 0.25) is 0 Å².